The second-order valence-corrected chi connectivity index (χ2v) is 7.85. The summed E-state index contributed by atoms with van der Waals surface area (Å²) >= 11 is 0. The van der Waals surface area contributed by atoms with Gasteiger partial charge in [0.25, 0.3) is 0 Å². The minimum absolute atomic E-state index is 0.577. The summed E-state index contributed by atoms with van der Waals surface area (Å²) in [6.45, 7) is 2.11. The Bertz CT molecular complexity index is 1160. The van der Waals surface area contributed by atoms with Crippen LogP contribution in [0, 0.1) is 6.92 Å². The van der Waals surface area contributed by atoms with Crippen LogP contribution in [0.25, 0.3) is 11.1 Å². The van der Waals surface area contributed by atoms with Crippen molar-refractivity contribution in [1.82, 2.24) is 9.78 Å². The van der Waals surface area contributed by atoms with E-state index in [2.05, 4.69) is 133 Å². The van der Waals surface area contributed by atoms with Gasteiger partial charge in [-0.2, -0.15) is 5.10 Å². The zero-order valence-electron chi connectivity index (χ0n) is 17.5. The number of hydrogen-bond acceptors (Lipinski definition) is 1. The van der Waals surface area contributed by atoms with E-state index in [1.165, 1.54) is 27.8 Å². The zero-order chi connectivity index (χ0) is 21.1. The van der Waals surface area contributed by atoms with Gasteiger partial charge in [0, 0.05) is 11.8 Å². The molecule has 1 aromatic heterocycles. The fourth-order valence-corrected chi connectivity index (χ4v) is 4.34. The summed E-state index contributed by atoms with van der Waals surface area (Å²) < 4.78 is 2.11. The second kappa shape index (κ2) is 8.08. The van der Waals surface area contributed by atoms with E-state index in [-0.39, 0.29) is 0 Å². The van der Waals surface area contributed by atoms with Gasteiger partial charge in [-0.1, -0.05) is 121 Å². The lowest BCUT2D eigenvalue weighted by atomic mass is 9.77. The lowest BCUT2D eigenvalue weighted by molar-refractivity contribution is 0.460. The standard InChI is InChI=1S/C29H24N2/c1-23-17-19-24(20-18-23)25-21-30-31(22-25)29(26-11-5-2-6-12-26,27-13-7-3-8-14-27)28-15-9-4-10-16-28/h2-22H,1H3. The maximum Gasteiger partial charge on any atom is 0.138 e. The summed E-state index contributed by atoms with van der Waals surface area (Å²) in [5, 5.41) is 4.93. The first kappa shape index (κ1) is 19.1. The highest BCUT2D eigenvalue weighted by atomic mass is 15.3. The van der Waals surface area contributed by atoms with Crippen molar-refractivity contribution < 1.29 is 0 Å². The summed E-state index contributed by atoms with van der Waals surface area (Å²) in [6, 6.07) is 40.5. The van der Waals surface area contributed by atoms with Crippen LogP contribution in [-0.4, -0.2) is 9.78 Å². The minimum atomic E-state index is -0.577. The number of aryl methyl sites for hydroxylation is 1. The third-order valence-corrected chi connectivity index (χ3v) is 5.89. The SMILES string of the molecule is Cc1ccc(-c2cnn(C(c3ccccc3)(c3ccccc3)c3ccccc3)c2)cc1. The predicted molar refractivity (Wildman–Crippen MR) is 127 cm³/mol. The maximum absolute atomic E-state index is 4.93. The van der Waals surface area contributed by atoms with Gasteiger partial charge in [-0.05, 0) is 29.2 Å². The van der Waals surface area contributed by atoms with Crippen molar-refractivity contribution in [2.24, 2.45) is 0 Å². The largest absolute Gasteiger partial charge is 0.252 e. The highest BCUT2D eigenvalue weighted by molar-refractivity contribution is 5.63. The highest BCUT2D eigenvalue weighted by Crippen LogP contribution is 2.41. The van der Waals surface area contributed by atoms with Crippen LogP contribution in [0.3, 0.4) is 0 Å². The topological polar surface area (TPSA) is 17.8 Å². The summed E-state index contributed by atoms with van der Waals surface area (Å²) in [5.74, 6) is 0. The van der Waals surface area contributed by atoms with Crippen LogP contribution in [-0.2, 0) is 5.54 Å². The molecule has 0 fully saturated rings. The fraction of sp³-hybridized carbons (Fsp3) is 0.0690. The van der Waals surface area contributed by atoms with Crippen LogP contribution in [0.15, 0.2) is 128 Å². The molecule has 31 heavy (non-hydrogen) atoms. The Morgan fingerprint density at radius 3 is 1.45 bits per heavy atom. The van der Waals surface area contributed by atoms with Crippen molar-refractivity contribution in [2.75, 3.05) is 0 Å². The Morgan fingerprint density at radius 2 is 1.00 bits per heavy atom. The van der Waals surface area contributed by atoms with Crippen LogP contribution in [0.1, 0.15) is 22.3 Å². The average molecular weight is 401 g/mol. The molecule has 0 aliphatic heterocycles. The van der Waals surface area contributed by atoms with Gasteiger partial charge in [0.05, 0.1) is 6.20 Å². The van der Waals surface area contributed by atoms with E-state index in [9.17, 15) is 0 Å². The van der Waals surface area contributed by atoms with Crippen LogP contribution in [0.2, 0.25) is 0 Å². The predicted octanol–water partition coefficient (Wildman–Crippen LogP) is 6.70. The molecule has 0 amide bonds. The quantitative estimate of drug-likeness (QED) is 0.300. The molecule has 1 heterocycles. The van der Waals surface area contributed by atoms with Crippen molar-refractivity contribution in [3.05, 3.63) is 150 Å². The fourth-order valence-electron chi connectivity index (χ4n) is 4.34. The molecule has 150 valence electrons. The summed E-state index contributed by atoms with van der Waals surface area (Å²) in [4.78, 5) is 0. The minimum Gasteiger partial charge on any atom is -0.252 e. The molecule has 4 aromatic carbocycles. The second-order valence-electron chi connectivity index (χ2n) is 7.85. The third kappa shape index (κ3) is 3.36. The van der Waals surface area contributed by atoms with E-state index >= 15 is 0 Å². The molecule has 5 rings (SSSR count). The molecule has 0 N–H and O–H groups in total. The van der Waals surface area contributed by atoms with Gasteiger partial charge >= 0.3 is 0 Å². The van der Waals surface area contributed by atoms with Crippen molar-refractivity contribution in [1.29, 1.82) is 0 Å². The Hall–Kier alpha value is -3.91. The van der Waals surface area contributed by atoms with E-state index in [1.54, 1.807) is 0 Å². The monoisotopic (exact) mass is 400 g/mol. The number of benzene rings is 4. The summed E-state index contributed by atoms with van der Waals surface area (Å²) in [6.07, 6.45) is 4.13. The highest BCUT2D eigenvalue weighted by Gasteiger charge is 2.39. The van der Waals surface area contributed by atoms with Crippen LogP contribution in [0.4, 0.5) is 0 Å². The number of aromatic nitrogens is 2. The summed E-state index contributed by atoms with van der Waals surface area (Å²) in [7, 11) is 0. The first-order valence-corrected chi connectivity index (χ1v) is 10.6. The number of hydrogen-bond donors (Lipinski definition) is 0. The molecule has 0 aliphatic rings. The van der Waals surface area contributed by atoms with Crippen molar-refractivity contribution in [2.45, 2.75) is 12.5 Å². The molecule has 0 saturated heterocycles. The van der Waals surface area contributed by atoms with Gasteiger partial charge in [0.2, 0.25) is 0 Å². The van der Waals surface area contributed by atoms with Gasteiger partial charge in [0.1, 0.15) is 5.54 Å². The first-order valence-electron chi connectivity index (χ1n) is 10.6. The van der Waals surface area contributed by atoms with E-state index < -0.39 is 5.54 Å². The first-order chi connectivity index (χ1) is 15.3. The average Bonchev–Trinajstić information content (AvgIpc) is 3.33. The zero-order valence-corrected chi connectivity index (χ0v) is 17.5. The maximum atomic E-state index is 4.93. The van der Waals surface area contributed by atoms with Gasteiger partial charge in [-0.25, -0.2) is 0 Å². The molecule has 0 bridgehead atoms. The van der Waals surface area contributed by atoms with Crippen molar-refractivity contribution >= 4 is 0 Å². The lowest BCUT2D eigenvalue weighted by Gasteiger charge is -2.36. The van der Waals surface area contributed by atoms with Crippen LogP contribution < -0.4 is 0 Å². The van der Waals surface area contributed by atoms with Crippen molar-refractivity contribution in [3.63, 3.8) is 0 Å². The Kier molecular flexibility index (Phi) is 4.97. The third-order valence-electron chi connectivity index (χ3n) is 5.89. The van der Waals surface area contributed by atoms with Gasteiger partial charge in [-0.3, -0.25) is 4.68 Å². The van der Waals surface area contributed by atoms with Gasteiger partial charge < -0.3 is 0 Å². The van der Waals surface area contributed by atoms with E-state index in [1.807, 2.05) is 6.20 Å². The number of nitrogens with zero attached hydrogens (tertiary/aromatic N) is 2. The Balaban J connectivity index is 1.80. The smallest absolute Gasteiger partial charge is 0.138 e. The molecule has 2 nitrogen and oxygen atoms in total. The molecule has 0 spiro atoms. The van der Waals surface area contributed by atoms with E-state index in [0.29, 0.717) is 0 Å². The molecule has 0 saturated carbocycles. The molecule has 0 aliphatic carbocycles. The van der Waals surface area contributed by atoms with Crippen LogP contribution >= 0.6 is 0 Å². The number of rotatable bonds is 5. The Labute approximate surface area is 183 Å². The van der Waals surface area contributed by atoms with Gasteiger partial charge in [0.15, 0.2) is 0 Å². The Morgan fingerprint density at radius 1 is 0.548 bits per heavy atom. The molecule has 0 atom stereocenters. The lowest BCUT2D eigenvalue weighted by Crippen LogP contribution is -2.38. The van der Waals surface area contributed by atoms with Crippen molar-refractivity contribution in [3.8, 4) is 11.1 Å². The molecule has 0 unspecified atom stereocenters. The van der Waals surface area contributed by atoms with Gasteiger partial charge in [-0.15, -0.1) is 0 Å². The molecule has 5 aromatic rings. The molecular weight excluding hydrogens is 376 g/mol. The van der Waals surface area contributed by atoms with E-state index in [4.69, 9.17) is 5.10 Å². The molecule has 2 heteroatoms. The normalized spacial score (nSPS) is 11.4. The molecule has 0 radical (unpaired) electrons. The van der Waals surface area contributed by atoms with Crippen LogP contribution in [0.5, 0.6) is 0 Å². The van der Waals surface area contributed by atoms with E-state index in [0.717, 1.165) is 5.56 Å². The molecular formula is C29H24N2. The summed E-state index contributed by atoms with van der Waals surface area (Å²) in [5.41, 5.74) is 6.46.